The Hall–Kier alpha value is -2.70. The largest absolute Gasteiger partial charge is 0.453 e. The molecule has 0 aromatic heterocycles. The zero-order chi connectivity index (χ0) is 19.9. The standard InChI is InChI=1S/C19H26N2O5/c1-12-6-8-14(9-7-12)15(22)10-11-16(23)26-13(2)17(24)20-18(25)21-19(3,4)5/h6-9,13H,10-11H2,1-5H3,(H2,20,21,24,25)/t13-/m1/s1. The number of carbonyl (C=O) groups is 4. The fourth-order valence-corrected chi connectivity index (χ4v) is 1.99. The molecule has 26 heavy (non-hydrogen) atoms. The molecular formula is C19H26N2O5. The van der Waals surface area contributed by atoms with Gasteiger partial charge in [-0.25, -0.2) is 4.79 Å². The van der Waals surface area contributed by atoms with E-state index >= 15 is 0 Å². The normalized spacial score (nSPS) is 12.0. The summed E-state index contributed by atoms with van der Waals surface area (Å²) in [6.45, 7) is 8.59. The van der Waals surface area contributed by atoms with Gasteiger partial charge in [0.2, 0.25) is 0 Å². The van der Waals surface area contributed by atoms with Crippen LogP contribution in [0.1, 0.15) is 56.5 Å². The van der Waals surface area contributed by atoms with Gasteiger partial charge in [-0.3, -0.25) is 19.7 Å². The first-order chi connectivity index (χ1) is 12.0. The summed E-state index contributed by atoms with van der Waals surface area (Å²) in [5, 5.41) is 4.67. The van der Waals surface area contributed by atoms with Gasteiger partial charge in [0.1, 0.15) is 0 Å². The van der Waals surface area contributed by atoms with E-state index in [1.165, 1.54) is 6.92 Å². The highest BCUT2D eigenvalue weighted by molar-refractivity contribution is 5.99. The fourth-order valence-electron chi connectivity index (χ4n) is 1.99. The third kappa shape index (κ3) is 7.92. The minimum atomic E-state index is -1.14. The van der Waals surface area contributed by atoms with Gasteiger partial charge in [0.25, 0.3) is 5.91 Å². The first-order valence-corrected chi connectivity index (χ1v) is 8.40. The van der Waals surface area contributed by atoms with Crippen LogP contribution in [0.2, 0.25) is 0 Å². The summed E-state index contributed by atoms with van der Waals surface area (Å²) < 4.78 is 4.97. The van der Waals surface area contributed by atoms with E-state index in [2.05, 4.69) is 10.6 Å². The van der Waals surface area contributed by atoms with Crippen LogP contribution in [-0.2, 0) is 14.3 Å². The maximum atomic E-state index is 12.0. The topological polar surface area (TPSA) is 102 Å². The maximum Gasteiger partial charge on any atom is 0.321 e. The van der Waals surface area contributed by atoms with Crippen LogP contribution < -0.4 is 10.6 Å². The Morgan fingerprint density at radius 1 is 1.04 bits per heavy atom. The van der Waals surface area contributed by atoms with Crippen LogP contribution in [0, 0.1) is 6.92 Å². The predicted octanol–water partition coefficient (Wildman–Crippen LogP) is 2.51. The Morgan fingerprint density at radius 3 is 2.15 bits per heavy atom. The number of hydrogen-bond acceptors (Lipinski definition) is 5. The van der Waals surface area contributed by atoms with Crippen molar-refractivity contribution in [2.45, 2.75) is 59.1 Å². The van der Waals surface area contributed by atoms with Gasteiger partial charge in [0.05, 0.1) is 6.42 Å². The zero-order valence-electron chi connectivity index (χ0n) is 15.8. The number of nitrogens with one attached hydrogen (secondary N) is 2. The summed E-state index contributed by atoms with van der Waals surface area (Å²) >= 11 is 0. The molecule has 7 heteroatoms. The van der Waals surface area contributed by atoms with Crippen LogP contribution >= 0.6 is 0 Å². The average molecular weight is 362 g/mol. The van der Waals surface area contributed by atoms with Gasteiger partial charge in [-0.1, -0.05) is 29.8 Å². The molecule has 1 rings (SSSR count). The molecule has 7 nitrogen and oxygen atoms in total. The molecule has 1 aromatic carbocycles. The minimum absolute atomic E-state index is 0.0132. The molecular weight excluding hydrogens is 336 g/mol. The Labute approximate surface area is 153 Å². The number of hydrogen-bond donors (Lipinski definition) is 2. The number of ketones is 1. The van der Waals surface area contributed by atoms with E-state index in [9.17, 15) is 19.2 Å². The van der Waals surface area contributed by atoms with Gasteiger partial charge in [-0.15, -0.1) is 0 Å². The van der Waals surface area contributed by atoms with Gasteiger partial charge in [-0.05, 0) is 34.6 Å². The summed E-state index contributed by atoms with van der Waals surface area (Å²) in [5.74, 6) is -1.59. The summed E-state index contributed by atoms with van der Waals surface area (Å²) in [6.07, 6.45) is -1.29. The lowest BCUT2D eigenvalue weighted by Crippen LogP contribution is -2.50. The lowest BCUT2D eigenvalue weighted by atomic mass is 10.1. The molecule has 0 saturated heterocycles. The Balaban J connectivity index is 2.41. The number of amides is 3. The number of aryl methyl sites for hydroxylation is 1. The second kappa shape index (κ2) is 9.12. The molecule has 0 saturated carbocycles. The molecule has 0 heterocycles. The van der Waals surface area contributed by atoms with Gasteiger partial charge < -0.3 is 10.1 Å². The van der Waals surface area contributed by atoms with Gasteiger partial charge in [-0.2, -0.15) is 0 Å². The Bertz CT molecular complexity index is 674. The van der Waals surface area contributed by atoms with Crippen molar-refractivity contribution >= 4 is 23.7 Å². The highest BCUT2D eigenvalue weighted by Crippen LogP contribution is 2.09. The van der Waals surface area contributed by atoms with Crippen molar-refractivity contribution in [3.05, 3.63) is 35.4 Å². The lowest BCUT2D eigenvalue weighted by Gasteiger charge is -2.21. The minimum Gasteiger partial charge on any atom is -0.453 e. The number of carbonyl (C=O) groups excluding carboxylic acids is 4. The molecule has 0 fully saturated rings. The number of urea groups is 1. The van der Waals surface area contributed by atoms with E-state index < -0.39 is 29.6 Å². The quantitative estimate of drug-likeness (QED) is 0.598. The number of rotatable bonds is 6. The van der Waals surface area contributed by atoms with Gasteiger partial charge in [0, 0.05) is 17.5 Å². The van der Waals surface area contributed by atoms with Gasteiger partial charge >= 0.3 is 12.0 Å². The number of Topliss-reactive ketones (excluding diaryl/α,β-unsaturated/α-hetero) is 1. The molecule has 0 spiro atoms. The highest BCUT2D eigenvalue weighted by Gasteiger charge is 2.22. The first kappa shape index (κ1) is 21.3. The average Bonchev–Trinajstić information content (AvgIpc) is 2.51. The fraction of sp³-hybridized carbons (Fsp3) is 0.474. The van der Waals surface area contributed by atoms with Crippen molar-refractivity contribution in [2.24, 2.45) is 0 Å². The molecule has 2 N–H and O–H groups in total. The molecule has 142 valence electrons. The van der Waals surface area contributed by atoms with Crippen LogP contribution in [0.3, 0.4) is 0 Å². The summed E-state index contributed by atoms with van der Waals surface area (Å²) in [5.41, 5.74) is 1.06. The first-order valence-electron chi connectivity index (χ1n) is 8.40. The van der Waals surface area contributed by atoms with E-state index in [0.29, 0.717) is 5.56 Å². The molecule has 0 unspecified atom stereocenters. The van der Waals surface area contributed by atoms with Crippen LogP contribution in [0.15, 0.2) is 24.3 Å². The summed E-state index contributed by atoms with van der Waals surface area (Å²) in [4.78, 5) is 47.3. The second-order valence-corrected chi connectivity index (χ2v) is 7.11. The summed E-state index contributed by atoms with van der Waals surface area (Å²) in [6, 6.07) is 6.38. The van der Waals surface area contributed by atoms with E-state index in [4.69, 9.17) is 4.74 Å². The molecule has 3 amide bonds. The maximum absolute atomic E-state index is 12.0. The molecule has 0 bridgehead atoms. The monoisotopic (exact) mass is 362 g/mol. The molecule has 1 atom stereocenters. The van der Waals surface area contributed by atoms with Crippen molar-refractivity contribution in [3.63, 3.8) is 0 Å². The summed E-state index contributed by atoms with van der Waals surface area (Å²) in [7, 11) is 0. The number of esters is 1. The third-order valence-electron chi connectivity index (χ3n) is 3.33. The van der Waals surface area contributed by atoms with E-state index in [0.717, 1.165) is 5.56 Å². The highest BCUT2D eigenvalue weighted by atomic mass is 16.5. The second-order valence-electron chi connectivity index (χ2n) is 7.11. The number of imide groups is 1. The Morgan fingerprint density at radius 2 is 1.62 bits per heavy atom. The molecule has 0 aliphatic heterocycles. The van der Waals surface area contributed by atoms with E-state index in [1.54, 1.807) is 32.9 Å². The molecule has 0 aliphatic carbocycles. The zero-order valence-corrected chi connectivity index (χ0v) is 15.8. The van der Waals surface area contributed by atoms with Crippen LogP contribution in [0.5, 0.6) is 0 Å². The van der Waals surface area contributed by atoms with Crippen LogP contribution in [0.4, 0.5) is 4.79 Å². The number of ether oxygens (including phenoxy) is 1. The van der Waals surface area contributed by atoms with Crippen molar-refractivity contribution in [2.75, 3.05) is 0 Å². The molecule has 0 radical (unpaired) electrons. The van der Waals surface area contributed by atoms with Crippen molar-refractivity contribution in [1.82, 2.24) is 10.6 Å². The van der Waals surface area contributed by atoms with Crippen molar-refractivity contribution in [3.8, 4) is 0 Å². The Kier molecular flexibility index (Phi) is 7.49. The van der Waals surface area contributed by atoms with Crippen LogP contribution in [0.25, 0.3) is 0 Å². The third-order valence-corrected chi connectivity index (χ3v) is 3.33. The van der Waals surface area contributed by atoms with E-state index in [-0.39, 0.29) is 18.6 Å². The predicted molar refractivity (Wildman–Crippen MR) is 96.7 cm³/mol. The molecule has 0 aliphatic rings. The lowest BCUT2D eigenvalue weighted by molar-refractivity contribution is -0.154. The van der Waals surface area contributed by atoms with Crippen molar-refractivity contribution in [1.29, 1.82) is 0 Å². The van der Waals surface area contributed by atoms with E-state index in [1.807, 2.05) is 19.1 Å². The van der Waals surface area contributed by atoms with Crippen LogP contribution in [-0.4, -0.2) is 35.3 Å². The van der Waals surface area contributed by atoms with Crippen molar-refractivity contribution < 1.29 is 23.9 Å². The van der Waals surface area contributed by atoms with Gasteiger partial charge in [0.15, 0.2) is 11.9 Å². The molecule has 1 aromatic rings. The SMILES string of the molecule is Cc1ccc(C(=O)CCC(=O)O[C@H](C)C(=O)NC(=O)NC(C)(C)C)cc1. The smallest absolute Gasteiger partial charge is 0.321 e. The number of benzene rings is 1.